The van der Waals surface area contributed by atoms with Crippen LogP contribution in [0.2, 0.25) is 0 Å². The molecule has 2 aliphatic rings. The number of hydrogen-bond donors (Lipinski definition) is 0. The van der Waals surface area contributed by atoms with Crippen LogP contribution in [-0.4, -0.2) is 36.8 Å². The van der Waals surface area contributed by atoms with Crippen molar-refractivity contribution in [1.29, 1.82) is 0 Å². The first-order chi connectivity index (χ1) is 12.3. The highest BCUT2D eigenvalue weighted by molar-refractivity contribution is 5.79. The standard InChI is InChI=1S/C20H21NO4/c22-20(13-15-6-7-18-19(12-15)24-14-23-18)21-10-8-17(9-11-21)25-16-4-2-1-3-5-16/h1-7,12,17H,8-11,13-14H2. The number of nitrogens with zero attached hydrogens (tertiary/aromatic N) is 1. The molecule has 0 aliphatic carbocycles. The maximum Gasteiger partial charge on any atom is 0.231 e. The van der Waals surface area contributed by atoms with Gasteiger partial charge in [-0.2, -0.15) is 0 Å². The molecular formula is C20H21NO4. The van der Waals surface area contributed by atoms with Crippen molar-refractivity contribution >= 4 is 5.91 Å². The average Bonchev–Trinajstić information content (AvgIpc) is 3.11. The zero-order valence-corrected chi connectivity index (χ0v) is 14.0. The second-order valence-corrected chi connectivity index (χ2v) is 6.38. The van der Waals surface area contributed by atoms with E-state index in [0.717, 1.165) is 48.7 Å². The number of amides is 1. The van der Waals surface area contributed by atoms with Gasteiger partial charge in [-0.1, -0.05) is 24.3 Å². The number of hydrogen-bond acceptors (Lipinski definition) is 4. The molecule has 4 rings (SSSR count). The molecule has 5 heteroatoms. The average molecular weight is 339 g/mol. The van der Waals surface area contributed by atoms with Crippen LogP contribution in [0.15, 0.2) is 48.5 Å². The summed E-state index contributed by atoms with van der Waals surface area (Å²) in [6.45, 7) is 1.73. The second kappa shape index (κ2) is 7.05. The number of fused-ring (bicyclic) bond motifs is 1. The Hall–Kier alpha value is -2.69. The van der Waals surface area contributed by atoms with Gasteiger partial charge in [0.2, 0.25) is 12.7 Å². The number of piperidine rings is 1. The molecule has 1 amide bonds. The van der Waals surface area contributed by atoms with Gasteiger partial charge in [0.25, 0.3) is 0 Å². The third-order valence-electron chi connectivity index (χ3n) is 4.63. The normalized spacial score (nSPS) is 16.7. The van der Waals surface area contributed by atoms with Crippen molar-refractivity contribution in [3.63, 3.8) is 0 Å². The van der Waals surface area contributed by atoms with E-state index in [1.54, 1.807) is 0 Å². The van der Waals surface area contributed by atoms with Gasteiger partial charge in [0.15, 0.2) is 11.5 Å². The Labute approximate surface area is 147 Å². The maximum atomic E-state index is 12.5. The van der Waals surface area contributed by atoms with Crippen LogP contribution in [0.5, 0.6) is 17.2 Å². The van der Waals surface area contributed by atoms with Crippen molar-refractivity contribution in [1.82, 2.24) is 4.90 Å². The van der Waals surface area contributed by atoms with Gasteiger partial charge < -0.3 is 19.1 Å². The number of benzene rings is 2. The van der Waals surface area contributed by atoms with Crippen LogP contribution >= 0.6 is 0 Å². The summed E-state index contributed by atoms with van der Waals surface area (Å²) in [4.78, 5) is 14.5. The molecule has 0 bridgehead atoms. The molecule has 130 valence electrons. The SMILES string of the molecule is O=C(Cc1ccc2c(c1)OCO2)N1CCC(Oc2ccccc2)CC1. The molecule has 25 heavy (non-hydrogen) atoms. The first kappa shape index (κ1) is 15.8. The molecule has 0 N–H and O–H groups in total. The van der Waals surface area contributed by atoms with Crippen molar-refractivity contribution in [3.05, 3.63) is 54.1 Å². The highest BCUT2D eigenvalue weighted by atomic mass is 16.7. The minimum atomic E-state index is 0.150. The Balaban J connectivity index is 1.29. The van der Waals surface area contributed by atoms with E-state index >= 15 is 0 Å². The third-order valence-corrected chi connectivity index (χ3v) is 4.63. The first-order valence-electron chi connectivity index (χ1n) is 8.66. The molecule has 2 heterocycles. The highest BCUT2D eigenvalue weighted by Gasteiger charge is 2.24. The van der Waals surface area contributed by atoms with Gasteiger partial charge in [-0.25, -0.2) is 0 Å². The fourth-order valence-corrected chi connectivity index (χ4v) is 3.25. The highest BCUT2D eigenvalue weighted by Crippen LogP contribution is 2.32. The van der Waals surface area contributed by atoms with Gasteiger partial charge in [0.1, 0.15) is 11.9 Å². The fraction of sp³-hybridized carbons (Fsp3) is 0.350. The van der Waals surface area contributed by atoms with Crippen LogP contribution in [0.4, 0.5) is 0 Å². The lowest BCUT2D eigenvalue weighted by molar-refractivity contribution is -0.132. The smallest absolute Gasteiger partial charge is 0.231 e. The Kier molecular flexibility index (Phi) is 4.46. The number of carbonyl (C=O) groups excluding carboxylic acids is 1. The molecular weight excluding hydrogens is 318 g/mol. The number of para-hydroxylation sites is 1. The van der Waals surface area contributed by atoms with Crippen LogP contribution in [0.25, 0.3) is 0 Å². The molecule has 0 saturated carbocycles. The molecule has 0 radical (unpaired) electrons. The molecule has 2 aliphatic heterocycles. The number of rotatable bonds is 4. The van der Waals surface area contributed by atoms with Gasteiger partial charge in [-0.3, -0.25) is 4.79 Å². The number of ether oxygens (including phenoxy) is 3. The quantitative estimate of drug-likeness (QED) is 0.859. The topological polar surface area (TPSA) is 48.0 Å². The van der Waals surface area contributed by atoms with Gasteiger partial charge in [0.05, 0.1) is 6.42 Å². The second-order valence-electron chi connectivity index (χ2n) is 6.38. The maximum absolute atomic E-state index is 12.5. The lowest BCUT2D eigenvalue weighted by Crippen LogP contribution is -2.42. The van der Waals surface area contributed by atoms with E-state index < -0.39 is 0 Å². The minimum absolute atomic E-state index is 0.150. The monoisotopic (exact) mass is 339 g/mol. The number of carbonyl (C=O) groups is 1. The molecule has 0 unspecified atom stereocenters. The van der Waals surface area contributed by atoms with Gasteiger partial charge >= 0.3 is 0 Å². The Morgan fingerprint density at radius 1 is 1.04 bits per heavy atom. The summed E-state index contributed by atoms with van der Waals surface area (Å²) in [5, 5.41) is 0. The third kappa shape index (κ3) is 3.71. The fourth-order valence-electron chi connectivity index (χ4n) is 3.25. The van der Waals surface area contributed by atoms with Crippen LogP contribution in [-0.2, 0) is 11.2 Å². The summed E-state index contributed by atoms with van der Waals surface area (Å²) in [7, 11) is 0. The summed E-state index contributed by atoms with van der Waals surface area (Å²) >= 11 is 0. The molecule has 2 aromatic carbocycles. The lowest BCUT2D eigenvalue weighted by atomic mass is 10.1. The van der Waals surface area contributed by atoms with Crippen LogP contribution in [0.1, 0.15) is 18.4 Å². The van der Waals surface area contributed by atoms with E-state index in [-0.39, 0.29) is 18.8 Å². The van der Waals surface area contributed by atoms with E-state index in [9.17, 15) is 4.79 Å². The van der Waals surface area contributed by atoms with Gasteiger partial charge in [-0.15, -0.1) is 0 Å². The summed E-state index contributed by atoms with van der Waals surface area (Å²) in [6, 6.07) is 15.5. The molecule has 0 atom stereocenters. The zero-order valence-electron chi connectivity index (χ0n) is 14.0. The molecule has 1 saturated heterocycles. The molecule has 0 aromatic heterocycles. The summed E-state index contributed by atoms with van der Waals surface area (Å²) in [5.41, 5.74) is 0.955. The Morgan fingerprint density at radius 2 is 1.80 bits per heavy atom. The summed E-state index contributed by atoms with van der Waals surface area (Å²) in [5.74, 6) is 2.51. The zero-order chi connectivity index (χ0) is 17.1. The van der Waals surface area contributed by atoms with Gasteiger partial charge in [0, 0.05) is 25.9 Å². The minimum Gasteiger partial charge on any atom is -0.490 e. The van der Waals surface area contributed by atoms with Crippen LogP contribution < -0.4 is 14.2 Å². The van der Waals surface area contributed by atoms with Crippen molar-refractivity contribution < 1.29 is 19.0 Å². The van der Waals surface area contributed by atoms with Crippen LogP contribution in [0, 0.1) is 0 Å². The van der Waals surface area contributed by atoms with E-state index in [1.807, 2.05) is 53.4 Å². The Bertz CT molecular complexity index is 739. The largest absolute Gasteiger partial charge is 0.490 e. The van der Waals surface area contributed by atoms with Crippen molar-refractivity contribution in [2.75, 3.05) is 19.9 Å². The molecule has 5 nitrogen and oxygen atoms in total. The number of likely N-dealkylation sites (tertiary alicyclic amines) is 1. The Morgan fingerprint density at radius 3 is 2.60 bits per heavy atom. The van der Waals surface area contributed by atoms with Crippen molar-refractivity contribution in [3.8, 4) is 17.2 Å². The molecule has 0 spiro atoms. The van der Waals surface area contributed by atoms with Crippen LogP contribution in [0.3, 0.4) is 0 Å². The predicted octanol–water partition coefficient (Wildman–Crippen LogP) is 3.03. The molecule has 1 fully saturated rings. The van der Waals surface area contributed by atoms with Crippen molar-refractivity contribution in [2.24, 2.45) is 0 Å². The summed E-state index contributed by atoms with van der Waals surface area (Å²) < 4.78 is 16.7. The molecule has 2 aromatic rings. The van der Waals surface area contributed by atoms with E-state index in [4.69, 9.17) is 14.2 Å². The van der Waals surface area contributed by atoms with Crippen molar-refractivity contribution in [2.45, 2.75) is 25.4 Å². The van der Waals surface area contributed by atoms with E-state index in [0.29, 0.717) is 6.42 Å². The first-order valence-corrected chi connectivity index (χ1v) is 8.66. The van der Waals surface area contributed by atoms with E-state index in [1.165, 1.54) is 0 Å². The summed E-state index contributed by atoms with van der Waals surface area (Å²) in [6.07, 6.45) is 2.29. The predicted molar refractivity (Wildman–Crippen MR) is 92.9 cm³/mol. The van der Waals surface area contributed by atoms with Gasteiger partial charge in [-0.05, 0) is 29.8 Å². The van der Waals surface area contributed by atoms with E-state index in [2.05, 4.69) is 0 Å². The lowest BCUT2D eigenvalue weighted by Gasteiger charge is -2.32.